The van der Waals surface area contributed by atoms with E-state index in [4.69, 9.17) is 16.3 Å². The summed E-state index contributed by atoms with van der Waals surface area (Å²) in [4.78, 5) is 0. The molecule has 104 valence electrons. The molecule has 0 aliphatic carbocycles. The van der Waals surface area contributed by atoms with Crippen LogP contribution < -0.4 is 10.1 Å². The van der Waals surface area contributed by atoms with Gasteiger partial charge in [0.05, 0.1) is 6.61 Å². The van der Waals surface area contributed by atoms with Crippen LogP contribution in [-0.2, 0) is 0 Å². The number of para-hydroxylation sites is 1. The maximum atomic E-state index is 6.18. The van der Waals surface area contributed by atoms with Crippen molar-refractivity contribution in [3.63, 3.8) is 0 Å². The fourth-order valence-corrected chi connectivity index (χ4v) is 3.17. The zero-order chi connectivity index (χ0) is 14.1. The number of benzene rings is 2. The molecule has 0 saturated heterocycles. The van der Waals surface area contributed by atoms with E-state index in [0.717, 1.165) is 39.6 Å². The molecule has 4 heteroatoms. The summed E-state index contributed by atoms with van der Waals surface area (Å²) in [7, 11) is 0. The third-order valence-corrected chi connectivity index (χ3v) is 4.65. The maximum Gasteiger partial charge on any atom is 0.122 e. The summed E-state index contributed by atoms with van der Waals surface area (Å²) in [6.07, 6.45) is 0. The van der Waals surface area contributed by atoms with Gasteiger partial charge in [0.2, 0.25) is 0 Å². The Bertz CT molecular complexity index is 644. The lowest BCUT2D eigenvalue weighted by molar-refractivity contribution is 0.334. The largest absolute Gasteiger partial charge is 0.493 e. The van der Waals surface area contributed by atoms with E-state index in [9.17, 15) is 0 Å². The highest BCUT2D eigenvalue weighted by atomic mass is 79.9. The smallest absolute Gasteiger partial charge is 0.122 e. The molecular weight excluding hydrogens is 338 g/mol. The van der Waals surface area contributed by atoms with Crippen LogP contribution in [-0.4, -0.2) is 13.2 Å². The second-order valence-corrected chi connectivity index (χ2v) is 6.27. The van der Waals surface area contributed by atoms with E-state index in [1.54, 1.807) is 0 Å². The van der Waals surface area contributed by atoms with E-state index in [-0.39, 0.29) is 0 Å². The summed E-state index contributed by atoms with van der Waals surface area (Å²) < 4.78 is 6.73. The lowest BCUT2D eigenvalue weighted by Gasteiger charge is -2.14. The maximum absolute atomic E-state index is 6.18. The van der Waals surface area contributed by atoms with Crippen molar-refractivity contribution in [2.45, 2.75) is 12.8 Å². The summed E-state index contributed by atoms with van der Waals surface area (Å²) in [5.74, 6) is 1.37. The first-order valence-electron chi connectivity index (χ1n) is 6.56. The number of nitrogens with one attached hydrogen (secondary N) is 1. The van der Waals surface area contributed by atoms with Gasteiger partial charge < -0.3 is 10.1 Å². The van der Waals surface area contributed by atoms with Crippen molar-refractivity contribution >= 4 is 33.2 Å². The van der Waals surface area contributed by atoms with Crippen molar-refractivity contribution in [2.75, 3.05) is 18.5 Å². The number of ether oxygens (including phenoxy) is 1. The molecule has 1 N–H and O–H groups in total. The average molecular weight is 353 g/mol. The zero-order valence-corrected chi connectivity index (χ0v) is 13.5. The summed E-state index contributed by atoms with van der Waals surface area (Å²) in [5, 5.41) is 4.23. The van der Waals surface area contributed by atoms with Gasteiger partial charge in [0, 0.05) is 33.2 Å². The fourth-order valence-electron chi connectivity index (χ4n) is 2.41. The molecule has 0 radical (unpaired) electrons. The highest BCUT2D eigenvalue weighted by Gasteiger charge is 2.23. The molecule has 1 unspecified atom stereocenters. The van der Waals surface area contributed by atoms with Crippen LogP contribution in [0.25, 0.3) is 0 Å². The summed E-state index contributed by atoms with van der Waals surface area (Å²) in [5.41, 5.74) is 3.36. The minimum atomic E-state index is 0.373. The Labute approximate surface area is 132 Å². The van der Waals surface area contributed by atoms with Crippen LogP contribution in [0.5, 0.6) is 5.75 Å². The van der Waals surface area contributed by atoms with Crippen LogP contribution in [0.1, 0.15) is 17.0 Å². The first kappa shape index (κ1) is 13.8. The number of rotatable bonds is 3. The van der Waals surface area contributed by atoms with E-state index in [0.29, 0.717) is 5.92 Å². The number of hydrogen-bond donors (Lipinski definition) is 1. The third-order valence-electron chi connectivity index (χ3n) is 3.59. The predicted molar refractivity (Wildman–Crippen MR) is 87.1 cm³/mol. The molecule has 1 aliphatic rings. The summed E-state index contributed by atoms with van der Waals surface area (Å²) in [6, 6.07) is 12.2. The minimum Gasteiger partial charge on any atom is -0.493 e. The lowest BCUT2D eigenvalue weighted by atomic mass is 10.0. The number of hydrogen-bond acceptors (Lipinski definition) is 2. The van der Waals surface area contributed by atoms with Crippen LogP contribution in [0, 0.1) is 6.92 Å². The van der Waals surface area contributed by atoms with Crippen molar-refractivity contribution in [3.8, 4) is 5.75 Å². The minimum absolute atomic E-state index is 0.373. The van der Waals surface area contributed by atoms with Gasteiger partial charge in [-0.15, -0.1) is 0 Å². The standard InChI is InChI=1S/C16H15BrClNO/c1-10-6-13(17)15(7-14(10)18)19-8-11-9-20-16-5-3-2-4-12(11)16/h2-7,11,19H,8-9H2,1H3. The number of fused-ring (bicyclic) bond motifs is 1. The molecule has 2 nitrogen and oxygen atoms in total. The Kier molecular flexibility index (Phi) is 3.90. The van der Waals surface area contributed by atoms with Crippen LogP contribution in [0.3, 0.4) is 0 Å². The molecule has 20 heavy (non-hydrogen) atoms. The zero-order valence-electron chi connectivity index (χ0n) is 11.1. The molecule has 2 aromatic carbocycles. The van der Waals surface area contributed by atoms with Gasteiger partial charge in [-0.05, 0) is 46.6 Å². The number of aryl methyl sites for hydroxylation is 1. The molecule has 2 aromatic rings. The van der Waals surface area contributed by atoms with Crippen LogP contribution in [0.4, 0.5) is 5.69 Å². The second-order valence-electron chi connectivity index (χ2n) is 5.01. The van der Waals surface area contributed by atoms with Gasteiger partial charge in [0.25, 0.3) is 0 Å². The SMILES string of the molecule is Cc1cc(Br)c(NCC2COc3ccccc32)cc1Cl. The van der Waals surface area contributed by atoms with Crippen molar-refractivity contribution in [2.24, 2.45) is 0 Å². The lowest BCUT2D eigenvalue weighted by Crippen LogP contribution is -2.14. The van der Waals surface area contributed by atoms with E-state index in [1.807, 2.05) is 31.2 Å². The Balaban J connectivity index is 1.74. The highest BCUT2D eigenvalue weighted by Crippen LogP contribution is 2.35. The monoisotopic (exact) mass is 351 g/mol. The fraction of sp³-hybridized carbons (Fsp3) is 0.250. The first-order valence-corrected chi connectivity index (χ1v) is 7.73. The number of halogens is 2. The first-order chi connectivity index (χ1) is 9.65. The Morgan fingerprint density at radius 3 is 3.00 bits per heavy atom. The highest BCUT2D eigenvalue weighted by molar-refractivity contribution is 9.10. The normalized spacial score (nSPS) is 16.6. The molecule has 0 fully saturated rings. The predicted octanol–water partition coefficient (Wildman–Crippen LogP) is 5.00. The van der Waals surface area contributed by atoms with E-state index in [1.165, 1.54) is 5.56 Å². The topological polar surface area (TPSA) is 21.3 Å². The van der Waals surface area contributed by atoms with Gasteiger partial charge in [-0.2, -0.15) is 0 Å². The molecule has 1 heterocycles. The van der Waals surface area contributed by atoms with Gasteiger partial charge in [-0.25, -0.2) is 0 Å². The number of anilines is 1. The molecule has 0 saturated carbocycles. The van der Waals surface area contributed by atoms with Gasteiger partial charge in [0.1, 0.15) is 5.75 Å². The molecule has 1 atom stereocenters. The Morgan fingerprint density at radius 1 is 1.35 bits per heavy atom. The van der Waals surface area contributed by atoms with E-state index in [2.05, 4.69) is 33.4 Å². The Hall–Kier alpha value is -1.19. The van der Waals surface area contributed by atoms with Crippen molar-refractivity contribution in [1.82, 2.24) is 0 Å². The van der Waals surface area contributed by atoms with Gasteiger partial charge in [0.15, 0.2) is 0 Å². The Morgan fingerprint density at radius 2 is 2.15 bits per heavy atom. The quantitative estimate of drug-likeness (QED) is 0.839. The van der Waals surface area contributed by atoms with E-state index < -0.39 is 0 Å². The molecule has 0 spiro atoms. The molecular formula is C16H15BrClNO. The van der Waals surface area contributed by atoms with E-state index >= 15 is 0 Å². The summed E-state index contributed by atoms with van der Waals surface area (Å²) in [6.45, 7) is 3.55. The van der Waals surface area contributed by atoms with Crippen LogP contribution in [0.2, 0.25) is 5.02 Å². The van der Waals surface area contributed by atoms with Crippen molar-refractivity contribution in [1.29, 1.82) is 0 Å². The van der Waals surface area contributed by atoms with Crippen LogP contribution >= 0.6 is 27.5 Å². The second kappa shape index (κ2) is 5.66. The summed E-state index contributed by atoms with van der Waals surface area (Å²) >= 11 is 9.75. The van der Waals surface area contributed by atoms with Crippen molar-refractivity contribution < 1.29 is 4.74 Å². The third kappa shape index (κ3) is 2.65. The average Bonchev–Trinajstić information content (AvgIpc) is 2.85. The molecule has 0 aromatic heterocycles. The van der Waals surface area contributed by atoms with Crippen molar-refractivity contribution in [3.05, 3.63) is 57.0 Å². The van der Waals surface area contributed by atoms with Crippen LogP contribution in [0.15, 0.2) is 40.9 Å². The molecule has 0 amide bonds. The molecule has 0 bridgehead atoms. The van der Waals surface area contributed by atoms with Gasteiger partial charge >= 0.3 is 0 Å². The van der Waals surface area contributed by atoms with Gasteiger partial charge in [-0.3, -0.25) is 0 Å². The van der Waals surface area contributed by atoms with Gasteiger partial charge in [-0.1, -0.05) is 29.8 Å². The molecule has 3 rings (SSSR count). The molecule has 1 aliphatic heterocycles.